The van der Waals surface area contributed by atoms with E-state index in [0.29, 0.717) is 4.68 Å². The standard InChI is InChI=1S/C6H5N7O4/c7-2-3(12(14)15)5(8)10-6-4(2)11(1-9-6)13(16)17/h1H,(H4,7,8,10). The number of imidazole rings is 1. The average Bonchev–Trinajstić information content (AvgIpc) is 2.60. The maximum Gasteiger partial charge on any atom is 0.336 e. The zero-order valence-electron chi connectivity index (χ0n) is 8.10. The lowest BCUT2D eigenvalue weighted by Gasteiger charge is -2.01. The van der Waals surface area contributed by atoms with Gasteiger partial charge >= 0.3 is 5.69 Å². The molecule has 2 heterocycles. The van der Waals surface area contributed by atoms with Crippen molar-refractivity contribution in [3.63, 3.8) is 0 Å². The molecule has 0 aliphatic heterocycles. The number of nitro groups is 2. The van der Waals surface area contributed by atoms with Crippen LogP contribution in [0.2, 0.25) is 0 Å². The lowest BCUT2D eigenvalue weighted by Crippen LogP contribution is -2.10. The molecule has 0 unspecified atom stereocenters. The summed E-state index contributed by atoms with van der Waals surface area (Å²) in [6.45, 7) is 0. The molecule has 0 amide bonds. The van der Waals surface area contributed by atoms with Gasteiger partial charge in [0, 0.05) is 0 Å². The van der Waals surface area contributed by atoms with Crippen LogP contribution >= 0.6 is 0 Å². The number of fused-ring (bicyclic) bond motifs is 1. The summed E-state index contributed by atoms with van der Waals surface area (Å²) in [6.07, 6.45) is 0.844. The normalized spacial score (nSPS) is 10.6. The fraction of sp³-hybridized carbons (Fsp3) is 0. The second kappa shape index (κ2) is 3.26. The van der Waals surface area contributed by atoms with Gasteiger partial charge in [-0.15, -0.1) is 0 Å². The zero-order chi connectivity index (χ0) is 12.7. The first-order valence-corrected chi connectivity index (χ1v) is 4.14. The summed E-state index contributed by atoms with van der Waals surface area (Å²) < 4.78 is 0.449. The summed E-state index contributed by atoms with van der Waals surface area (Å²) in [5.41, 5.74) is 9.32. The van der Waals surface area contributed by atoms with Crippen LogP contribution in [0.15, 0.2) is 6.33 Å². The molecule has 0 bridgehead atoms. The molecular formula is C6H5N7O4. The first kappa shape index (κ1) is 10.5. The molecule has 2 rings (SSSR count). The second-order valence-electron chi connectivity index (χ2n) is 3.02. The van der Waals surface area contributed by atoms with Gasteiger partial charge in [-0.25, -0.2) is 20.1 Å². The topological polar surface area (TPSA) is 169 Å². The Kier molecular flexibility index (Phi) is 2.02. The molecule has 11 heteroatoms. The van der Waals surface area contributed by atoms with E-state index < -0.39 is 27.1 Å². The number of rotatable bonds is 2. The number of nitrogens with zero attached hydrogens (tertiary/aromatic N) is 5. The van der Waals surface area contributed by atoms with Crippen molar-refractivity contribution < 1.29 is 9.96 Å². The van der Waals surface area contributed by atoms with Crippen LogP contribution in [0.4, 0.5) is 17.2 Å². The number of pyridine rings is 1. The summed E-state index contributed by atoms with van der Waals surface area (Å²) >= 11 is 0. The van der Waals surface area contributed by atoms with Crippen LogP contribution in [0.5, 0.6) is 0 Å². The van der Waals surface area contributed by atoms with Crippen molar-refractivity contribution in [2.24, 2.45) is 0 Å². The Hall–Kier alpha value is -2.98. The van der Waals surface area contributed by atoms with Gasteiger partial charge in [0.15, 0.2) is 22.5 Å². The van der Waals surface area contributed by atoms with Crippen molar-refractivity contribution >= 4 is 28.4 Å². The van der Waals surface area contributed by atoms with Crippen LogP contribution in [0.25, 0.3) is 11.2 Å². The van der Waals surface area contributed by atoms with Crippen molar-refractivity contribution in [1.29, 1.82) is 0 Å². The highest BCUT2D eigenvalue weighted by molar-refractivity contribution is 5.93. The van der Waals surface area contributed by atoms with Gasteiger partial charge in [0.05, 0.1) is 4.92 Å². The summed E-state index contributed by atoms with van der Waals surface area (Å²) in [7, 11) is 0. The SMILES string of the molecule is Nc1nc2ncn([N+](=O)[O-])c2c(N)c1[N+](=O)[O-]. The zero-order valence-corrected chi connectivity index (χ0v) is 8.10. The molecule has 2 aromatic rings. The third kappa shape index (κ3) is 1.37. The van der Waals surface area contributed by atoms with Crippen LogP contribution in [0, 0.1) is 20.2 Å². The molecule has 0 saturated carbocycles. The molecular weight excluding hydrogens is 234 g/mol. The van der Waals surface area contributed by atoms with Crippen molar-refractivity contribution in [3.8, 4) is 0 Å². The highest BCUT2D eigenvalue weighted by Gasteiger charge is 2.26. The van der Waals surface area contributed by atoms with Crippen molar-refractivity contribution in [3.05, 3.63) is 26.6 Å². The lowest BCUT2D eigenvalue weighted by atomic mass is 10.3. The summed E-state index contributed by atoms with van der Waals surface area (Å²) in [5, 5.41) is 20.5. The molecule has 0 radical (unpaired) electrons. The lowest BCUT2D eigenvalue weighted by molar-refractivity contribution is -0.537. The van der Waals surface area contributed by atoms with Gasteiger partial charge in [-0.05, 0) is 4.68 Å². The molecule has 88 valence electrons. The van der Waals surface area contributed by atoms with E-state index in [0.717, 1.165) is 6.33 Å². The third-order valence-electron chi connectivity index (χ3n) is 2.07. The fourth-order valence-electron chi connectivity index (χ4n) is 1.39. The van der Waals surface area contributed by atoms with Gasteiger partial charge in [-0.1, -0.05) is 0 Å². The predicted molar refractivity (Wildman–Crippen MR) is 55.4 cm³/mol. The van der Waals surface area contributed by atoms with Gasteiger partial charge in [0.25, 0.3) is 0 Å². The molecule has 0 aromatic carbocycles. The molecule has 17 heavy (non-hydrogen) atoms. The molecule has 0 aliphatic carbocycles. The van der Waals surface area contributed by atoms with Crippen molar-refractivity contribution in [1.82, 2.24) is 14.6 Å². The number of nitrogens with two attached hydrogens (primary N) is 2. The molecule has 0 atom stereocenters. The summed E-state index contributed by atoms with van der Waals surface area (Å²) in [4.78, 5) is 27.7. The molecule has 11 nitrogen and oxygen atoms in total. The Morgan fingerprint density at radius 3 is 2.47 bits per heavy atom. The average molecular weight is 239 g/mol. The van der Waals surface area contributed by atoms with Gasteiger partial charge < -0.3 is 11.5 Å². The largest absolute Gasteiger partial charge is 0.391 e. The minimum atomic E-state index is -0.853. The summed E-state index contributed by atoms with van der Waals surface area (Å²) in [6, 6.07) is 0. The first-order chi connectivity index (χ1) is 7.93. The van der Waals surface area contributed by atoms with Gasteiger partial charge in [-0.2, -0.15) is 0 Å². The quantitative estimate of drug-likeness (QED) is 0.523. The Morgan fingerprint density at radius 2 is 1.94 bits per heavy atom. The molecule has 0 fully saturated rings. The van der Waals surface area contributed by atoms with Crippen molar-refractivity contribution in [2.45, 2.75) is 0 Å². The van der Waals surface area contributed by atoms with Crippen LogP contribution in [0.1, 0.15) is 0 Å². The molecule has 0 saturated heterocycles. The minimum absolute atomic E-state index is 0.123. The van der Waals surface area contributed by atoms with Gasteiger partial charge in [0.2, 0.25) is 5.82 Å². The maximum absolute atomic E-state index is 10.7. The van der Waals surface area contributed by atoms with E-state index in [-0.39, 0.29) is 11.2 Å². The molecule has 0 spiro atoms. The highest BCUT2D eigenvalue weighted by Crippen LogP contribution is 2.32. The minimum Gasteiger partial charge on any atom is -0.391 e. The van der Waals surface area contributed by atoms with Crippen LogP contribution in [-0.2, 0) is 0 Å². The predicted octanol–water partition coefficient (Wildman–Crippen LogP) is -0.456. The van der Waals surface area contributed by atoms with E-state index in [1.807, 2.05) is 0 Å². The van der Waals surface area contributed by atoms with E-state index >= 15 is 0 Å². The Morgan fingerprint density at radius 1 is 1.29 bits per heavy atom. The van der Waals surface area contributed by atoms with Crippen molar-refractivity contribution in [2.75, 3.05) is 11.5 Å². The first-order valence-electron chi connectivity index (χ1n) is 4.14. The molecule has 4 N–H and O–H groups in total. The van der Waals surface area contributed by atoms with E-state index in [2.05, 4.69) is 9.97 Å². The Labute approximate surface area is 91.9 Å². The number of hydrogen-bond donors (Lipinski definition) is 2. The maximum atomic E-state index is 10.7. The number of nitrogen functional groups attached to an aromatic ring is 2. The number of anilines is 2. The monoisotopic (exact) mass is 239 g/mol. The summed E-state index contributed by atoms with van der Waals surface area (Å²) in [5.74, 6) is -0.436. The number of aromatic nitrogens is 3. The second-order valence-corrected chi connectivity index (χ2v) is 3.02. The number of hydrogen-bond acceptors (Lipinski definition) is 8. The van der Waals surface area contributed by atoms with Gasteiger partial charge in [-0.3, -0.25) is 10.1 Å². The van der Waals surface area contributed by atoms with Crippen LogP contribution in [0.3, 0.4) is 0 Å². The van der Waals surface area contributed by atoms with E-state index in [4.69, 9.17) is 11.5 Å². The Balaban J connectivity index is 2.92. The van der Waals surface area contributed by atoms with E-state index in [1.54, 1.807) is 0 Å². The highest BCUT2D eigenvalue weighted by atomic mass is 16.7. The molecule has 0 aliphatic rings. The molecule has 2 aromatic heterocycles. The van der Waals surface area contributed by atoms with Gasteiger partial charge in [0.1, 0.15) is 5.69 Å². The fourth-order valence-corrected chi connectivity index (χ4v) is 1.39. The smallest absolute Gasteiger partial charge is 0.336 e. The van der Waals surface area contributed by atoms with E-state index in [9.17, 15) is 20.2 Å². The third-order valence-corrected chi connectivity index (χ3v) is 2.07. The Bertz CT molecular complexity index is 647. The van der Waals surface area contributed by atoms with Crippen LogP contribution in [-0.4, -0.2) is 24.6 Å². The van der Waals surface area contributed by atoms with Crippen LogP contribution < -0.4 is 11.5 Å². The van der Waals surface area contributed by atoms with E-state index in [1.165, 1.54) is 0 Å².